The third kappa shape index (κ3) is 3.93. The standard InChI is InChI=1S/C20H17N3O3S2/c1-20(11-14-9-5-6-10-15(14)16(24)26-20)17(25)21-18-22-23-19(28-18)27-12-13-7-3-2-4-8-13/h2-10H,11-12H2,1H3,(H,21,22,25). The van der Waals surface area contributed by atoms with Gasteiger partial charge in [0.15, 0.2) is 9.94 Å². The van der Waals surface area contributed by atoms with Gasteiger partial charge in [0.05, 0.1) is 5.56 Å². The van der Waals surface area contributed by atoms with Gasteiger partial charge in [0.1, 0.15) is 0 Å². The molecule has 0 spiro atoms. The lowest BCUT2D eigenvalue weighted by Gasteiger charge is -2.32. The SMILES string of the molecule is CC1(C(=O)Nc2nnc(SCc3ccccc3)s2)Cc2ccccc2C(=O)O1. The third-order valence-electron chi connectivity index (χ3n) is 4.40. The summed E-state index contributed by atoms with van der Waals surface area (Å²) in [6.45, 7) is 1.61. The van der Waals surface area contributed by atoms with Crippen molar-refractivity contribution in [1.82, 2.24) is 10.2 Å². The number of fused-ring (bicyclic) bond motifs is 1. The minimum Gasteiger partial charge on any atom is -0.445 e. The molecule has 0 fully saturated rings. The first-order valence-electron chi connectivity index (χ1n) is 8.66. The molecular formula is C20H17N3O3S2. The first-order valence-corrected chi connectivity index (χ1v) is 10.5. The maximum absolute atomic E-state index is 12.8. The average Bonchev–Trinajstić information content (AvgIpc) is 3.14. The zero-order chi connectivity index (χ0) is 19.6. The second kappa shape index (κ2) is 7.73. The molecule has 8 heteroatoms. The number of hydrogen-bond donors (Lipinski definition) is 1. The summed E-state index contributed by atoms with van der Waals surface area (Å²) in [5.41, 5.74) is 1.21. The number of carbonyl (C=O) groups excluding carboxylic acids is 2. The van der Waals surface area contributed by atoms with Crippen LogP contribution in [0.4, 0.5) is 5.13 Å². The quantitative estimate of drug-likeness (QED) is 0.389. The largest absolute Gasteiger partial charge is 0.445 e. The Bertz CT molecular complexity index is 1020. The van der Waals surface area contributed by atoms with E-state index in [4.69, 9.17) is 4.74 Å². The van der Waals surface area contributed by atoms with Crippen molar-refractivity contribution >= 4 is 40.1 Å². The summed E-state index contributed by atoms with van der Waals surface area (Å²) < 4.78 is 6.21. The molecule has 1 N–H and O–H groups in total. The van der Waals surface area contributed by atoms with Crippen LogP contribution in [-0.2, 0) is 21.7 Å². The summed E-state index contributed by atoms with van der Waals surface area (Å²) in [6, 6.07) is 17.2. The molecule has 142 valence electrons. The van der Waals surface area contributed by atoms with Crippen LogP contribution in [0.2, 0.25) is 0 Å². The molecule has 1 amide bonds. The Morgan fingerprint density at radius 3 is 2.75 bits per heavy atom. The topological polar surface area (TPSA) is 81.2 Å². The minimum atomic E-state index is -1.28. The van der Waals surface area contributed by atoms with Gasteiger partial charge in [-0.25, -0.2) is 4.79 Å². The number of rotatable bonds is 5. The molecule has 0 bridgehead atoms. The molecule has 3 aromatic rings. The molecule has 4 rings (SSSR count). The molecule has 0 saturated carbocycles. The Kier molecular flexibility index (Phi) is 5.15. The Hall–Kier alpha value is -2.71. The maximum Gasteiger partial charge on any atom is 0.339 e. The normalized spacial score (nSPS) is 18.2. The highest BCUT2D eigenvalue weighted by molar-refractivity contribution is 8.00. The molecule has 2 aromatic carbocycles. The fourth-order valence-corrected chi connectivity index (χ4v) is 4.63. The van der Waals surface area contributed by atoms with E-state index in [1.807, 2.05) is 42.5 Å². The van der Waals surface area contributed by atoms with Crippen molar-refractivity contribution in [1.29, 1.82) is 0 Å². The number of nitrogens with one attached hydrogen (secondary N) is 1. The summed E-state index contributed by atoms with van der Waals surface area (Å²) in [7, 11) is 0. The Balaban J connectivity index is 1.41. The highest BCUT2D eigenvalue weighted by Crippen LogP contribution is 2.31. The molecular weight excluding hydrogens is 394 g/mol. The highest BCUT2D eigenvalue weighted by atomic mass is 32.2. The van der Waals surface area contributed by atoms with Crippen LogP contribution in [0.3, 0.4) is 0 Å². The lowest BCUT2D eigenvalue weighted by atomic mass is 9.89. The number of carbonyl (C=O) groups is 2. The Morgan fingerprint density at radius 1 is 1.18 bits per heavy atom. The molecule has 0 aliphatic carbocycles. The fourth-order valence-electron chi connectivity index (χ4n) is 2.93. The molecule has 1 unspecified atom stereocenters. The molecule has 28 heavy (non-hydrogen) atoms. The average molecular weight is 412 g/mol. The molecule has 2 heterocycles. The number of cyclic esters (lactones) is 1. The van der Waals surface area contributed by atoms with Gasteiger partial charge < -0.3 is 4.74 Å². The van der Waals surface area contributed by atoms with Crippen molar-refractivity contribution in [3.63, 3.8) is 0 Å². The number of hydrogen-bond acceptors (Lipinski definition) is 7. The van der Waals surface area contributed by atoms with Gasteiger partial charge in [0, 0.05) is 12.2 Å². The number of thioether (sulfide) groups is 1. The first-order chi connectivity index (χ1) is 13.5. The number of nitrogens with zero attached hydrogens (tertiary/aromatic N) is 2. The first kappa shape index (κ1) is 18.6. The minimum absolute atomic E-state index is 0.315. The zero-order valence-corrected chi connectivity index (χ0v) is 16.7. The van der Waals surface area contributed by atoms with Gasteiger partial charge in [-0.3, -0.25) is 10.1 Å². The molecule has 0 saturated heterocycles. The Labute approximate surface area is 170 Å². The van der Waals surface area contributed by atoms with Gasteiger partial charge in [-0.05, 0) is 24.1 Å². The van der Waals surface area contributed by atoms with E-state index in [0.717, 1.165) is 15.7 Å². The maximum atomic E-state index is 12.8. The van der Waals surface area contributed by atoms with Crippen LogP contribution >= 0.6 is 23.1 Å². The summed E-state index contributed by atoms with van der Waals surface area (Å²) in [6.07, 6.45) is 0.315. The van der Waals surface area contributed by atoms with Crippen LogP contribution < -0.4 is 5.32 Å². The summed E-state index contributed by atoms with van der Waals surface area (Å²) in [5.74, 6) is -0.128. The Morgan fingerprint density at radius 2 is 1.93 bits per heavy atom. The smallest absolute Gasteiger partial charge is 0.339 e. The lowest BCUT2D eigenvalue weighted by Crippen LogP contribution is -2.48. The molecule has 1 aliphatic rings. The summed E-state index contributed by atoms with van der Waals surface area (Å²) in [5, 5.41) is 11.3. The van der Waals surface area contributed by atoms with Gasteiger partial charge in [-0.2, -0.15) is 0 Å². The van der Waals surface area contributed by atoms with Crippen LogP contribution in [-0.4, -0.2) is 27.7 Å². The molecule has 1 aromatic heterocycles. The zero-order valence-electron chi connectivity index (χ0n) is 15.0. The van der Waals surface area contributed by atoms with Crippen molar-refractivity contribution in [2.45, 2.75) is 29.0 Å². The van der Waals surface area contributed by atoms with Crippen molar-refractivity contribution < 1.29 is 14.3 Å². The van der Waals surface area contributed by atoms with Crippen LogP contribution in [0.1, 0.15) is 28.4 Å². The second-order valence-corrected chi connectivity index (χ2v) is 8.76. The van der Waals surface area contributed by atoms with Gasteiger partial charge in [-0.15, -0.1) is 10.2 Å². The fraction of sp³-hybridized carbons (Fsp3) is 0.200. The number of amides is 1. The monoisotopic (exact) mass is 411 g/mol. The third-order valence-corrected chi connectivity index (χ3v) is 6.44. The summed E-state index contributed by atoms with van der Waals surface area (Å²) >= 11 is 2.85. The predicted molar refractivity (Wildman–Crippen MR) is 109 cm³/mol. The molecule has 1 atom stereocenters. The molecule has 1 aliphatic heterocycles. The van der Waals surface area contributed by atoms with Gasteiger partial charge in [0.25, 0.3) is 5.91 Å². The van der Waals surface area contributed by atoms with Gasteiger partial charge in [-0.1, -0.05) is 71.6 Å². The lowest BCUT2D eigenvalue weighted by molar-refractivity contribution is -0.134. The highest BCUT2D eigenvalue weighted by Gasteiger charge is 2.43. The van der Waals surface area contributed by atoms with E-state index in [1.165, 1.54) is 16.9 Å². The summed E-state index contributed by atoms with van der Waals surface area (Å²) in [4.78, 5) is 25.0. The van der Waals surface area contributed by atoms with Gasteiger partial charge >= 0.3 is 5.97 Å². The van der Waals surface area contributed by atoms with E-state index >= 15 is 0 Å². The van der Waals surface area contributed by atoms with Crippen LogP contribution in [0.25, 0.3) is 0 Å². The number of anilines is 1. The van der Waals surface area contributed by atoms with E-state index in [-0.39, 0.29) is 0 Å². The van der Waals surface area contributed by atoms with E-state index < -0.39 is 17.5 Å². The van der Waals surface area contributed by atoms with E-state index in [2.05, 4.69) is 15.5 Å². The van der Waals surface area contributed by atoms with Crippen LogP contribution in [0.5, 0.6) is 0 Å². The van der Waals surface area contributed by atoms with Crippen molar-refractivity contribution in [2.24, 2.45) is 0 Å². The van der Waals surface area contributed by atoms with Crippen LogP contribution in [0, 0.1) is 0 Å². The predicted octanol–water partition coefficient (Wildman–Crippen LogP) is 3.94. The van der Waals surface area contributed by atoms with E-state index in [9.17, 15) is 9.59 Å². The second-order valence-electron chi connectivity index (χ2n) is 6.56. The number of esters is 1. The van der Waals surface area contributed by atoms with Crippen LogP contribution in [0.15, 0.2) is 58.9 Å². The van der Waals surface area contributed by atoms with E-state index in [1.54, 1.807) is 30.8 Å². The molecule has 6 nitrogen and oxygen atoms in total. The van der Waals surface area contributed by atoms with Gasteiger partial charge in [0.2, 0.25) is 5.13 Å². The number of ether oxygens (including phenoxy) is 1. The van der Waals surface area contributed by atoms with Crippen molar-refractivity contribution in [3.05, 3.63) is 71.3 Å². The van der Waals surface area contributed by atoms with Crippen molar-refractivity contribution in [3.8, 4) is 0 Å². The number of aromatic nitrogens is 2. The number of benzene rings is 2. The molecule has 0 radical (unpaired) electrons. The van der Waals surface area contributed by atoms with E-state index in [0.29, 0.717) is 17.1 Å². The van der Waals surface area contributed by atoms with Crippen molar-refractivity contribution in [2.75, 3.05) is 5.32 Å².